The molecule has 4 aromatic rings. The molecule has 0 aliphatic carbocycles. The van der Waals surface area contributed by atoms with Gasteiger partial charge in [-0.05, 0) is 42.2 Å². The van der Waals surface area contributed by atoms with Crippen molar-refractivity contribution in [3.05, 3.63) is 54.6 Å². The molecule has 0 radical (unpaired) electrons. The molecule has 0 unspecified atom stereocenters. The summed E-state index contributed by atoms with van der Waals surface area (Å²) in [4.78, 5) is 5.53. The normalized spacial score (nSPS) is 11.2. The summed E-state index contributed by atoms with van der Waals surface area (Å²) in [5.74, 6) is 1.15. The summed E-state index contributed by atoms with van der Waals surface area (Å²) in [7, 11) is 0. The highest BCUT2D eigenvalue weighted by molar-refractivity contribution is 7.98. The van der Waals surface area contributed by atoms with Gasteiger partial charge in [-0.15, -0.1) is 11.8 Å². The molecule has 0 aliphatic heterocycles. The Morgan fingerprint density at radius 2 is 1.78 bits per heavy atom. The van der Waals surface area contributed by atoms with Gasteiger partial charge in [-0.2, -0.15) is 4.98 Å². The Hall–Kier alpha value is -2.53. The van der Waals surface area contributed by atoms with E-state index in [-0.39, 0.29) is 0 Å². The molecule has 4 rings (SSSR count). The molecular formula is C18H14N2O2S. The third kappa shape index (κ3) is 2.53. The van der Waals surface area contributed by atoms with Crippen molar-refractivity contribution in [3.8, 4) is 22.5 Å². The number of rotatable bonds is 3. The van der Waals surface area contributed by atoms with Crippen molar-refractivity contribution in [1.29, 1.82) is 0 Å². The van der Waals surface area contributed by atoms with Crippen LogP contribution in [0.25, 0.3) is 33.5 Å². The van der Waals surface area contributed by atoms with Gasteiger partial charge in [-0.3, -0.25) is 0 Å². The summed E-state index contributed by atoms with van der Waals surface area (Å²) in [5, 5.41) is 5.03. The SMILES string of the molecule is CSc1ccc(-c2coc3ccc(-c4noc(C)n4)cc23)cc1. The van der Waals surface area contributed by atoms with Crippen molar-refractivity contribution in [2.75, 3.05) is 6.26 Å². The summed E-state index contributed by atoms with van der Waals surface area (Å²) >= 11 is 1.73. The number of hydrogen-bond donors (Lipinski definition) is 0. The summed E-state index contributed by atoms with van der Waals surface area (Å²) < 4.78 is 10.8. The number of thioether (sulfide) groups is 1. The van der Waals surface area contributed by atoms with Crippen LogP contribution < -0.4 is 0 Å². The Morgan fingerprint density at radius 3 is 2.48 bits per heavy atom. The van der Waals surface area contributed by atoms with E-state index in [0.29, 0.717) is 11.7 Å². The lowest BCUT2D eigenvalue weighted by Gasteiger charge is -2.01. The van der Waals surface area contributed by atoms with Crippen LogP contribution in [-0.2, 0) is 0 Å². The van der Waals surface area contributed by atoms with Crippen molar-refractivity contribution in [3.63, 3.8) is 0 Å². The predicted molar refractivity (Wildman–Crippen MR) is 91.5 cm³/mol. The predicted octanol–water partition coefficient (Wildman–Crippen LogP) is 5.18. The van der Waals surface area contributed by atoms with Gasteiger partial charge < -0.3 is 8.94 Å². The van der Waals surface area contributed by atoms with Crippen molar-refractivity contribution in [2.45, 2.75) is 11.8 Å². The van der Waals surface area contributed by atoms with Crippen LogP contribution in [0.5, 0.6) is 0 Å². The minimum Gasteiger partial charge on any atom is -0.464 e. The number of aromatic nitrogens is 2. The molecule has 0 bridgehead atoms. The van der Waals surface area contributed by atoms with E-state index in [1.54, 1.807) is 24.9 Å². The fraction of sp³-hybridized carbons (Fsp3) is 0.111. The van der Waals surface area contributed by atoms with Crippen molar-refractivity contribution < 1.29 is 8.94 Å². The van der Waals surface area contributed by atoms with Gasteiger partial charge in [-0.1, -0.05) is 17.3 Å². The van der Waals surface area contributed by atoms with Crippen LogP contribution in [0.3, 0.4) is 0 Å². The number of benzene rings is 2. The Balaban J connectivity index is 1.83. The average molecular weight is 322 g/mol. The molecule has 0 saturated carbocycles. The topological polar surface area (TPSA) is 52.1 Å². The van der Waals surface area contributed by atoms with Gasteiger partial charge in [0.25, 0.3) is 0 Å². The molecule has 114 valence electrons. The highest BCUT2D eigenvalue weighted by Gasteiger charge is 2.12. The van der Waals surface area contributed by atoms with Crippen LogP contribution in [-0.4, -0.2) is 16.4 Å². The van der Waals surface area contributed by atoms with E-state index in [4.69, 9.17) is 8.94 Å². The summed E-state index contributed by atoms with van der Waals surface area (Å²) in [6.45, 7) is 1.78. The third-order valence-electron chi connectivity index (χ3n) is 3.76. The highest BCUT2D eigenvalue weighted by atomic mass is 32.2. The summed E-state index contributed by atoms with van der Waals surface area (Å²) in [6, 6.07) is 14.4. The van der Waals surface area contributed by atoms with Gasteiger partial charge in [0.1, 0.15) is 5.58 Å². The van der Waals surface area contributed by atoms with E-state index in [1.807, 2.05) is 18.2 Å². The minimum atomic E-state index is 0.556. The Bertz CT molecular complexity index is 970. The number of aryl methyl sites for hydroxylation is 1. The van der Waals surface area contributed by atoms with Gasteiger partial charge in [0.2, 0.25) is 11.7 Å². The maximum atomic E-state index is 5.69. The van der Waals surface area contributed by atoms with Gasteiger partial charge in [0.15, 0.2) is 0 Å². The van der Waals surface area contributed by atoms with Gasteiger partial charge in [-0.25, -0.2) is 0 Å². The first-order valence-corrected chi connectivity index (χ1v) is 8.43. The fourth-order valence-electron chi connectivity index (χ4n) is 2.58. The summed E-state index contributed by atoms with van der Waals surface area (Å²) in [6.07, 6.45) is 3.87. The third-order valence-corrected chi connectivity index (χ3v) is 4.50. The Labute approximate surface area is 137 Å². The highest BCUT2D eigenvalue weighted by Crippen LogP contribution is 2.33. The molecule has 2 aromatic carbocycles. The molecule has 0 saturated heterocycles. The lowest BCUT2D eigenvalue weighted by molar-refractivity contribution is 0.394. The van der Waals surface area contributed by atoms with Crippen LogP contribution in [0.1, 0.15) is 5.89 Å². The van der Waals surface area contributed by atoms with E-state index in [0.717, 1.165) is 27.7 Å². The standard InChI is InChI=1S/C18H14N2O2S/c1-11-19-18(20-22-11)13-5-8-17-15(9-13)16(10-21-17)12-3-6-14(23-2)7-4-12/h3-10H,1-2H3. The Morgan fingerprint density at radius 1 is 1.00 bits per heavy atom. The van der Waals surface area contributed by atoms with Gasteiger partial charge >= 0.3 is 0 Å². The lowest BCUT2D eigenvalue weighted by Crippen LogP contribution is -1.82. The van der Waals surface area contributed by atoms with E-state index in [9.17, 15) is 0 Å². The van der Waals surface area contributed by atoms with Crippen LogP contribution in [0.2, 0.25) is 0 Å². The first-order valence-electron chi connectivity index (χ1n) is 7.21. The first-order chi connectivity index (χ1) is 11.2. The minimum absolute atomic E-state index is 0.556. The number of hydrogen-bond acceptors (Lipinski definition) is 5. The molecule has 23 heavy (non-hydrogen) atoms. The number of nitrogens with zero attached hydrogens (tertiary/aromatic N) is 2. The van der Waals surface area contributed by atoms with Gasteiger partial charge in [0.05, 0.1) is 6.26 Å². The molecule has 4 nitrogen and oxygen atoms in total. The van der Waals surface area contributed by atoms with Crippen LogP contribution in [0.15, 0.2) is 62.6 Å². The first kappa shape index (κ1) is 14.1. The lowest BCUT2D eigenvalue weighted by atomic mass is 10.0. The van der Waals surface area contributed by atoms with E-state index in [1.165, 1.54) is 4.90 Å². The largest absolute Gasteiger partial charge is 0.464 e. The van der Waals surface area contributed by atoms with Crippen LogP contribution in [0, 0.1) is 6.92 Å². The molecule has 0 N–H and O–H groups in total. The molecule has 0 spiro atoms. The quantitative estimate of drug-likeness (QED) is 0.486. The molecule has 2 heterocycles. The van der Waals surface area contributed by atoms with E-state index < -0.39 is 0 Å². The Kier molecular flexibility index (Phi) is 3.42. The van der Waals surface area contributed by atoms with Crippen molar-refractivity contribution in [2.24, 2.45) is 0 Å². The molecule has 5 heteroatoms. The van der Waals surface area contributed by atoms with Crippen LogP contribution in [0.4, 0.5) is 0 Å². The zero-order chi connectivity index (χ0) is 15.8. The zero-order valence-electron chi connectivity index (χ0n) is 12.7. The molecule has 0 fully saturated rings. The molecular weight excluding hydrogens is 308 g/mol. The number of furan rings is 1. The smallest absolute Gasteiger partial charge is 0.223 e. The second-order valence-electron chi connectivity index (χ2n) is 5.23. The van der Waals surface area contributed by atoms with Crippen molar-refractivity contribution in [1.82, 2.24) is 10.1 Å². The monoisotopic (exact) mass is 322 g/mol. The van der Waals surface area contributed by atoms with Crippen LogP contribution >= 0.6 is 11.8 Å². The van der Waals surface area contributed by atoms with Crippen molar-refractivity contribution >= 4 is 22.7 Å². The van der Waals surface area contributed by atoms with E-state index in [2.05, 4.69) is 40.7 Å². The average Bonchev–Trinajstić information content (AvgIpc) is 3.20. The molecule has 0 atom stereocenters. The fourth-order valence-corrected chi connectivity index (χ4v) is 2.99. The molecule has 0 aliphatic rings. The maximum absolute atomic E-state index is 5.69. The maximum Gasteiger partial charge on any atom is 0.223 e. The molecule has 0 amide bonds. The molecule has 2 aromatic heterocycles. The van der Waals surface area contributed by atoms with E-state index >= 15 is 0 Å². The second kappa shape index (κ2) is 5.59. The van der Waals surface area contributed by atoms with Gasteiger partial charge in [0, 0.05) is 28.3 Å². The number of fused-ring (bicyclic) bond motifs is 1. The second-order valence-corrected chi connectivity index (χ2v) is 6.11. The summed E-state index contributed by atoms with van der Waals surface area (Å²) in [5.41, 5.74) is 3.95. The zero-order valence-corrected chi connectivity index (χ0v) is 13.6.